The van der Waals surface area contributed by atoms with E-state index in [9.17, 15) is 0 Å². The van der Waals surface area contributed by atoms with E-state index < -0.39 is 0 Å². The molecule has 0 unspecified atom stereocenters. The van der Waals surface area contributed by atoms with Gasteiger partial charge in [-0.1, -0.05) is 68.4 Å². The number of benzene rings is 5. The number of hydrogen-bond acceptors (Lipinski definition) is 3. The van der Waals surface area contributed by atoms with Gasteiger partial charge in [0.25, 0.3) is 0 Å². The van der Waals surface area contributed by atoms with Crippen LogP contribution in [0.4, 0.5) is 0 Å². The minimum atomic E-state index is -0.0865. The fourth-order valence-electron chi connectivity index (χ4n) is 7.97. The van der Waals surface area contributed by atoms with Gasteiger partial charge in [-0.3, -0.25) is 9.97 Å². The van der Waals surface area contributed by atoms with Crippen LogP contribution in [-0.2, 0) is 5.41 Å². The highest BCUT2D eigenvalue weighted by atomic mass is 16.3. The molecule has 0 N–H and O–H groups in total. The Labute approximate surface area is 271 Å². The van der Waals surface area contributed by atoms with Gasteiger partial charge in [-0.25, -0.2) is 0 Å². The summed E-state index contributed by atoms with van der Waals surface area (Å²) >= 11 is 0. The zero-order chi connectivity index (χ0) is 31.3. The highest BCUT2D eigenvalue weighted by molar-refractivity contribution is 6.25. The smallest absolute Gasteiger partial charge is 0.145 e. The molecular formula is C43H29N3O. The molecule has 47 heavy (non-hydrogen) atoms. The van der Waals surface area contributed by atoms with Crippen molar-refractivity contribution >= 4 is 43.7 Å². The Morgan fingerprint density at radius 3 is 1.91 bits per heavy atom. The van der Waals surface area contributed by atoms with E-state index in [2.05, 4.69) is 144 Å². The van der Waals surface area contributed by atoms with Crippen LogP contribution >= 0.6 is 0 Å². The maximum Gasteiger partial charge on any atom is 0.145 e. The molecule has 9 aromatic rings. The van der Waals surface area contributed by atoms with Gasteiger partial charge in [-0.15, -0.1) is 0 Å². The Morgan fingerprint density at radius 1 is 0.532 bits per heavy atom. The molecule has 0 fully saturated rings. The number of furan rings is 1. The minimum absolute atomic E-state index is 0.0865. The van der Waals surface area contributed by atoms with Crippen LogP contribution in [0, 0.1) is 0 Å². The van der Waals surface area contributed by atoms with Gasteiger partial charge in [0.1, 0.15) is 11.2 Å². The highest BCUT2D eigenvalue weighted by Crippen LogP contribution is 2.53. The summed E-state index contributed by atoms with van der Waals surface area (Å²) in [6, 6.07) is 41.6. The Morgan fingerprint density at radius 2 is 1.17 bits per heavy atom. The summed E-state index contributed by atoms with van der Waals surface area (Å²) in [5.41, 5.74) is 14.8. The number of fused-ring (bicyclic) bond motifs is 11. The standard InChI is InChI=1S/C43H29N3O/c1-43(2)35-9-5-3-7-33(35)39-36(43)13-11-31-32-12-14-38-40(42(32)47-41(31)39)34-8-4-6-10-37(34)46(38)30-24-28(26-15-19-44-20-16-26)23-29(25-30)27-17-21-45-22-18-27/h3-25H,1-2H3. The van der Waals surface area contributed by atoms with Crippen molar-refractivity contribution < 1.29 is 4.42 Å². The second-order valence-electron chi connectivity index (χ2n) is 13.1. The molecule has 0 saturated carbocycles. The van der Waals surface area contributed by atoms with Crippen LogP contribution in [-0.4, -0.2) is 14.5 Å². The van der Waals surface area contributed by atoms with Gasteiger partial charge in [-0.05, 0) is 99.6 Å². The van der Waals surface area contributed by atoms with Gasteiger partial charge < -0.3 is 8.98 Å². The fraction of sp³-hybridized carbons (Fsp3) is 0.0698. The largest absolute Gasteiger partial charge is 0.455 e. The predicted octanol–water partition coefficient (Wildman–Crippen LogP) is 11.1. The quantitative estimate of drug-likeness (QED) is 0.202. The van der Waals surface area contributed by atoms with Crippen molar-refractivity contribution in [2.45, 2.75) is 19.3 Å². The van der Waals surface area contributed by atoms with Crippen LogP contribution in [0.2, 0.25) is 0 Å². The topological polar surface area (TPSA) is 43.9 Å². The van der Waals surface area contributed by atoms with Crippen molar-refractivity contribution in [3.8, 4) is 39.1 Å². The molecule has 0 radical (unpaired) electrons. The molecule has 1 aliphatic carbocycles. The second kappa shape index (κ2) is 9.51. The Hall–Kier alpha value is -6.00. The third kappa shape index (κ3) is 3.64. The fourth-order valence-corrected chi connectivity index (χ4v) is 7.97. The maximum atomic E-state index is 7.07. The van der Waals surface area contributed by atoms with E-state index in [0.717, 1.165) is 66.3 Å². The number of hydrogen-bond donors (Lipinski definition) is 0. The summed E-state index contributed by atoms with van der Waals surface area (Å²) in [5, 5.41) is 4.60. The molecule has 0 bridgehead atoms. The second-order valence-corrected chi connectivity index (χ2v) is 13.1. The number of aromatic nitrogens is 3. The van der Waals surface area contributed by atoms with Gasteiger partial charge in [0.2, 0.25) is 0 Å². The number of para-hydroxylation sites is 1. The SMILES string of the molecule is CC1(C)c2ccccc2-c2c1ccc1c2oc2c1ccc1c2c2ccccc2n1-c1cc(-c2ccncc2)cc(-c2ccncc2)c1. The van der Waals surface area contributed by atoms with Crippen LogP contribution < -0.4 is 0 Å². The molecule has 0 saturated heterocycles. The molecule has 0 atom stereocenters. The lowest BCUT2D eigenvalue weighted by atomic mass is 9.82. The average molecular weight is 604 g/mol. The summed E-state index contributed by atoms with van der Waals surface area (Å²) in [6.07, 6.45) is 7.40. The average Bonchev–Trinajstić information content (AvgIpc) is 3.74. The van der Waals surface area contributed by atoms with E-state index >= 15 is 0 Å². The van der Waals surface area contributed by atoms with E-state index in [4.69, 9.17) is 4.42 Å². The molecule has 1 aliphatic rings. The molecule has 4 nitrogen and oxygen atoms in total. The minimum Gasteiger partial charge on any atom is -0.455 e. The van der Waals surface area contributed by atoms with E-state index in [1.54, 1.807) is 0 Å². The summed E-state index contributed by atoms with van der Waals surface area (Å²) < 4.78 is 9.46. The van der Waals surface area contributed by atoms with E-state index in [0.29, 0.717) is 0 Å². The van der Waals surface area contributed by atoms with Gasteiger partial charge in [0, 0.05) is 57.6 Å². The first-order chi connectivity index (χ1) is 23.1. The molecule has 4 heterocycles. The zero-order valence-corrected chi connectivity index (χ0v) is 26.0. The van der Waals surface area contributed by atoms with Crippen molar-refractivity contribution in [2.75, 3.05) is 0 Å². The van der Waals surface area contributed by atoms with Gasteiger partial charge in [0.15, 0.2) is 0 Å². The maximum absolute atomic E-state index is 7.07. The van der Waals surface area contributed by atoms with Gasteiger partial charge in [-0.2, -0.15) is 0 Å². The van der Waals surface area contributed by atoms with Crippen LogP contribution in [0.5, 0.6) is 0 Å². The molecule has 222 valence electrons. The van der Waals surface area contributed by atoms with E-state index in [1.807, 2.05) is 24.8 Å². The molecular weight excluding hydrogens is 574 g/mol. The van der Waals surface area contributed by atoms with Crippen LogP contribution in [0.1, 0.15) is 25.0 Å². The number of nitrogens with zero attached hydrogens (tertiary/aromatic N) is 3. The Balaban J connectivity index is 1.29. The first kappa shape index (κ1) is 26.2. The lowest BCUT2D eigenvalue weighted by Gasteiger charge is -2.21. The number of pyridine rings is 2. The van der Waals surface area contributed by atoms with Crippen molar-refractivity contribution in [3.05, 3.63) is 151 Å². The van der Waals surface area contributed by atoms with Crippen LogP contribution in [0.15, 0.2) is 144 Å². The molecule has 5 aromatic carbocycles. The van der Waals surface area contributed by atoms with Crippen molar-refractivity contribution in [1.82, 2.24) is 14.5 Å². The van der Waals surface area contributed by atoms with E-state index in [1.165, 1.54) is 27.6 Å². The van der Waals surface area contributed by atoms with Crippen molar-refractivity contribution in [1.29, 1.82) is 0 Å². The molecule has 0 amide bonds. The first-order valence-corrected chi connectivity index (χ1v) is 16.1. The third-order valence-electron chi connectivity index (χ3n) is 10.2. The number of rotatable bonds is 3. The zero-order valence-electron chi connectivity index (χ0n) is 26.0. The van der Waals surface area contributed by atoms with E-state index in [-0.39, 0.29) is 5.41 Å². The molecule has 4 aromatic heterocycles. The predicted molar refractivity (Wildman–Crippen MR) is 192 cm³/mol. The van der Waals surface area contributed by atoms with Gasteiger partial charge in [0.05, 0.1) is 16.4 Å². The van der Waals surface area contributed by atoms with Crippen LogP contribution in [0.25, 0.3) is 82.8 Å². The van der Waals surface area contributed by atoms with Crippen LogP contribution in [0.3, 0.4) is 0 Å². The lowest BCUT2D eigenvalue weighted by Crippen LogP contribution is -2.14. The summed E-state index contributed by atoms with van der Waals surface area (Å²) in [7, 11) is 0. The summed E-state index contributed by atoms with van der Waals surface area (Å²) in [4.78, 5) is 8.54. The molecule has 0 aliphatic heterocycles. The van der Waals surface area contributed by atoms with Gasteiger partial charge >= 0.3 is 0 Å². The van der Waals surface area contributed by atoms with Crippen molar-refractivity contribution in [3.63, 3.8) is 0 Å². The summed E-state index contributed by atoms with van der Waals surface area (Å²) in [5.74, 6) is 0. The first-order valence-electron chi connectivity index (χ1n) is 16.1. The monoisotopic (exact) mass is 603 g/mol. The Kier molecular flexibility index (Phi) is 5.31. The molecule has 0 spiro atoms. The third-order valence-corrected chi connectivity index (χ3v) is 10.2. The summed E-state index contributed by atoms with van der Waals surface area (Å²) in [6.45, 7) is 4.64. The lowest BCUT2D eigenvalue weighted by molar-refractivity contribution is 0.654. The molecule has 4 heteroatoms. The Bertz CT molecular complexity index is 2640. The highest BCUT2D eigenvalue weighted by Gasteiger charge is 2.37. The normalized spacial score (nSPS) is 13.5. The van der Waals surface area contributed by atoms with Crippen molar-refractivity contribution in [2.24, 2.45) is 0 Å². The molecule has 10 rings (SSSR count).